The highest BCUT2D eigenvalue weighted by atomic mass is 16.3. The summed E-state index contributed by atoms with van der Waals surface area (Å²) in [7, 11) is 0. The van der Waals surface area contributed by atoms with Crippen LogP contribution in [0.4, 0.5) is 5.69 Å². The number of furan rings is 1. The van der Waals surface area contributed by atoms with Crippen molar-refractivity contribution >= 4 is 11.6 Å². The lowest BCUT2D eigenvalue weighted by Gasteiger charge is -2.09. The Balaban J connectivity index is 1.92. The quantitative estimate of drug-likeness (QED) is 0.865. The predicted molar refractivity (Wildman–Crippen MR) is 72.9 cm³/mol. The Kier molecular flexibility index (Phi) is 4.18. The van der Waals surface area contributed by atoms with Crippen LogP contribution in [0, 0.1) is 0 Å². The molecule has 1 amide bonds. The van der Waals surface area contributed by atoms with Gasteiger partial charge >= 0.3 is 0 Å². The van der Waals surface area contributed by atoms with Crippen molar-refractivity contribution in [2.24, 2.45) is 0 Å². The van der Waals surface area contributed by atoms with E-state index < -0.39 is 0 Å². The van der Waals surface area contributed by atoms with Gasteiger partial charge in [0.25, 0.3) is 5.91 Å². The van der Waals surface area contributed by atoms with Crippen molar-refractivity contribution in [3.05, 3.63) is 48.2 Å². The maximum Gasteiger partial charge on any atom is 0.270 e. The zero-order chi connectivity index (χ0) is 13.7. The molecule has 0 radical (unpaired) electrons. The van der Waals surface area contributed by atoms with Crippen LogP contribution in [0.2, 0.25) is 0 Å². The molecule has 2 aromatic heterocycles. The molecule has 0 fully saturated rings. The van der Waals surface area contributed by atoms with Crippen molar-refractivity contribution in [1.29, 1.82) is 0 Å². The van der Waals surface area contributed by atoms with Gasteiger partial charge < -0.3 is 15.1 Å². The molecule has 0 aliphatic carbocycles. The van der Waals surface area contributed by atoms with Gasteiger partial charge in [0.1, 0.15) is 11.5 Å². The molecule has 5 nitrogen and oxygen atoms in total. The van der Waals surface area contributed by atoms with E-state index in [0.717, 1.165) is 5.69 Å². The van der Waals surface area contributed by atoms with Crippen LogP contribution in [0.3, 0.4) is 0 Å². The maximum atomic E-state index is 11.8. The van der Waals surface area contributed by atoms with Crippen molar-refractivity contribution in [1.82, 2.24) is 10.3 Å². The second-order valence-corrected chi connectivity index (χ2v) is 4.49. The molecule has 0 saturated heterocycles. The number of hydrogen-bond acceptors (Lipinski definition) is 4. The summed E-state index contributed by atoms with van der Waals surface area (Å²) in [5.74, 6) is 0.499. The number of carbonyl (C=O) groups is 1. The fourth-order valence-electron chi connectivity index (χ4n) is 1.62. The average Bonchev–Trinajstić information content (AvgIpc) is 2.89. The largest absolute Gasteiger partial charge is 0.467 e. The first-order chi connectivity index (χ1) is 9.15. The highest BCUT2D eigenvalue weighted by Crippen LogP contribution is 2.08. The molecule has 0 aliphatic heterocycles. The van der Waals surface area contributed by atoms with E-state index in [0.29, 0.717) is 24.0 Å². The molecule has 0 atom stereocenters. The van der Waals surface area contributed by atoms with Crippen LogP contribution < -0.4 is 10.6 Å². The van der Waals surface area contributed by atoms with E-state index >= 15 is 0 Å². The number of aromatic nitrogens is 1. The highest BCUT2D eigenvalue weighted by Gasteiger charge is 2.07. The molecular formula is C14H17N3O2. The van der Waals surface area contributed by atoms with Crippen molar-refractivity contribution in [2.75, 3.05) is 5.32 Å². The summed E-state index contributed by atoms with van der Waals surface area (Å²) in [4.78, 5) is 16.0. The molecule has 0 spiro atoms. The number of hydrogen-bond donors (Lipinski definition) is 2. The van der Waals surface area contributed by atoms with Crippen molar-refractivity contribution in [3.63, 3.8) is 0 Å². The first kappa shape index (κ1) is 13.1. The van der Waals surface area contributed by atoms with E-state index in [1.807, 2.05) is 26.0 Å². The first-order valence-corrected chi connectivity index (χ1v) is 6.18. The van der Waals surface area contributed by atoms with E-state index in [1.165, 1.54) is 0 Å². The van der Waals surface area contributed by atoms with Crippen LogP contribution >= 0.6 is 0 Å². The van der Waals surface area contributed by atoms with E-state index in [9.17, 15) is 4.79 Å². The number of carbonyl (C=O) groups excluding carboxylic acids is 1. The Morgan fingerprint density at radius 3 is 2.79 bits per heavy atom. The van der Waals surface area contributed by atoms with Crippen LogP contribution in [0.5, 0.6) is 0 Å². The number of anilines is 1. The molecule has 19 heavy (non-hydrogen) atoms. The molecule has 0 aliphatic rings. The third-order valence-corrected chi connectivity index (χ3v) is 2.45. The lowest BCUT2D eigenvalue weighted by Crippen LogP contribution is -2.23. The molecule has 0 aromatic carbocycles. The molecule has 0 bridgehead atoms. The van der Waals surface area contributed by atoms with Crippen LogP contribution in [-0.2, 0) is 6.54 Å². The van der Waals surface area contributed by atoms with E-state index in [-0.39, 0.29) is 5.91 Å². The lowest BCUT2D eigenvalue weighted by atomic mass is 10.3. The summed E-state index contributed by atoms with van der Waals surface area (Å²) in [5, 5.41) is 5.96. The summed E-state index contributed by atoms with van der Waals surface area (Å²) >= 11 is 0. The molecule has 2 rings (SSSR count). The fourth-order valence-corrected chi connectivity index (χ4v) is 1.62. The van der Waals surface area contributed by atoms with Gasteiger partial charge in [-0.15, -0.1) is 0 Å². The summed E-state index contributed by atoms with van der Waals surface area (Å²) in [6.07, 6.45) is 3.23. The van der Waals surface area contributed by atoms with Gasteiger partial charge in [0, 0.05) is 6.04 Å². The van der Waals surface area contributed by atoms with Crippen LogP contribution in [-0.4, -0.2) is 16.9 Å². The lowest BCUT2D eigenvalue weighted by molar-refractivity contribution is 0.0943. The molecule has 5 heteroatoms. The van der Waals surface area contributed by atoms with E-state index in [1.54, 1.807) is 24.6 Å². The minimum atomic E-state index is -0.215. The smallest absolute Gasteiger partial charge is 0.270 e. The molecule has 2 aromatic rings. The van der Waals surface area contributed by atoms with E-state index in [2.05, 4.69) is 15.6 Å². The standard InChI is InChI=1S/C14H17N3O2/c1-10(2)17-11-5-6-13(15-8-11)14(18)16-9-12-4-3-7-19-12/h3-8,10,17H,9H2,1-2H3,(H,16,18). The van der Waals surface area contributed by atoms with Gasteiger partial charge in [-0.05, 0) is 38.1 Å². The Morgan fingerprint density at radius 2 is 2.21 bits per heavy atom. The van der Waals surface area contributed by atoms with Crippen molar-refractivity contribution < 1.29 is 9.21 Å². The van der Waals surface area contributed by atoms with Crippen molar-refractivity contribution in [3.8, 4) is 0 Å². The molecule has 0 unspecified atom stereocenters. The number of nitrogens with one attached hydrogen (secondary N) is 2. The summed E-state index contributed by atoms with van der Waals surface area (Å²) < 4.78 is 5.14. The number of amides is 1. The van der Waals surface area contributed by atoms with Gasteiger partial charge in [0.05, 0.1) is 24.7 Å². The zero-order valence-electron chi connectivity index (χ0n) is 11.0. The van der Waals surface area contributed by atoms with Crippen LogP contribution in [0.25, 0.3) is 0 Å². The molecular weight excluding hydrogens is 242 g/mol. The van der Waals surface area contributed by atoms with Gasteiger partial charge in [-0.1, -0.05) is 0 Å². The Bertz CT molecular complexity index is 518. The normalized spacial score (nSPS) is 10.5. The number of pyridine rings is 1. The maximum absolute atomic E-state index is 11.8. The van der Waals surface area contributed by atoms with Gasteiger partial charge in [-0.2, -0.15) is 0 Å². The number of rotatable bonds is 5. The second kappa shape index (κ2) is 6.04. The second-order valence-electron chi connectivity index (χ2n) is 4.49. The van der Waals surface area contributed by atoms with Crippen LogP contribution in [0.1, 0.15) is 30.1 Å². The van der Waals surface area contributed by atoms with Gasteiger partial charge in [-0.3, -0.25) is 4.79 Å². The Labute approximate surface area is 112 Å². The Morgan fingerprint density at radius 1 is 1.37 bits per heavy atom. The molecule has 100 valence electrons. The molecule has 2 heterocycles. The average molecular weight is 259 g/mol. The predicted octanol–water partition coefficient (Wildman–Crippen LogP) is 2.42. The molecule has 2 N–H and O–H groups in total. The topological polar surface area (TPSA) is 67.2 Å². The minimum Gasteiger partial charge on any atom is -0.467 e. The van der Waals surface area contributed by atoms with Crippen LogP contribution in [0.15, 0.2) is 41.1 Å². The third kappa shape index (κ3) is 3.84. The fraction of sp³-hybridized carbons (Fsp3) is 0.286. The number of nitrogens with zero attached hydrogens (tertiary/aromatic N) is 1. The molecule has 0 saturated carbocycles. The van der Waals surface area contributed by atoms with Gasteiger partial charge in [0.15, 0.2) is 0 Å². The Hall–Kier alpha value is -2.30. The minimum absolute atomic E-state index is 0.215. The highest BCUT2D eigenvalue weighted by molar-refractivity contribution is 5.92. The summed E-state index contributed by atoms with van der Waals surface area (Å²) in [6, 6.07) is 7.47. The zero-order valence-corrected chi connectivity index (χ0v) is 11.0. The first-order valence-electron chi connectivity index (χ1n) is 6.18. The SMILES string of the molecule is CC(C)Nc1ccc(C(=O)NCc2ccco2)nc1. The van der Waals surface area contributed by atoms with E-state index in [4.69, 9.17) is 4.42 Å². The van der Waals surface area contributed by atoms with Crippen molar-refractivity contribution in [2.45, 2.75) is 26.4 Å². The monoisotopic (exact) mass is 259 g/mol. The third-order valence-electron chi connectivity index (χ3n) is 2.45. The summed E-state index contributed by atoms with van der Waals surface area (Å²) in [6.45, 7) is 4.45. The van der Waals surface area contributed by atoms with Gasteiger partial charge in [-0.25, -0.2) is 4.98 Å². The summed E-state index contributed by atoms with van der Waals surface area (Å²) in [5.41, 5.74) is 1.29. The van der Waals surface area contributed by atoms with Gasteiger partial charge in [0.2, 0.25) is 0 Å².